The average molecular weight is 477 g/mol. The van der Waals surface area contributed by atoms with Gasteiger partial charge >= 0.3 is 7.60 Å². The summed E-state index contributed by atoms with van der Waals surface area (Å²) in [5.41, 5.74) is 0.972. The van der Waals surface area contributed by atoms with Gasteiger partial charge in [-0.1, -0.05) is 48.5 Å². The van der Waals surface area contributed by atoms with Crippen LogP contribution in [0.25, 0.3) is 0 Å². The molecule has 4 aromatic carbocycles. The molecule has 0 aliphatic carbocycles. The van der Waals surface area contributed by atoms with Gasteiger partial charge in [0.25, 0.3) is 0 Å². The Labute approximate surface area is 196 Å². The predicted molar refractivity (Wildman–Crippen MR) is 127 cm³/mol. The zero-order chi connectivity index (χ0) is 23.4. The SMILES string of the molecule is O=P(Oc1ccccc1)(Oc1ccccc1)C(Nc1cccc(F)c1)c1ccc2c(c1)OCO2. The lowest BCUT2D eigenvalue weighted by molar-refractivity contribution is 0.174. The van der Waals surface area contributed by atoms with Crippen molar-refractivity contribution in [1.29, 1.82) is 0 Å². The molecule has 1 atom stereocenters. The van der Waals surface area contributed by atoms with Gasteiger partial charge in [0.2, 0.25) is 6.79 Å². The Kier molecular flexibility index (Phi) is 6.11. The smallest absolute Gasteiger partial charge is 0.454 e. The van der Waals surface area contributed by atoms with Crippen LogP contribution in [-0.2, 0) is 4.57 Å². The topological polar surface area (TPSA) is 66.0 Å². The molecule has 0 saturated heterocycles. The lowest BCUT2D eigenvalue weighted by atomic mass is 10.2. The number of ether oxygens (including phenoxy) is 2. The average Bonchev–Trinajstić information content (AvgIpc) is 3.32. The van der Waals surface area contributed by atoms with E-state index in [9.17, 15) is 8.96 Å². The third kappa shape index (κ3) is 4.85. The van der Waals surface area contributed by atoms with E-state index in [1.54, 1.807) is 78.9 Å². The number of anilines is 1. The number of nitrogens with one attached hydrogen (secondary N) is 1. The highest BCUT2D eigenvalue weighted by Gasteiger charge is 2.41. The molecule has 5 rings (SSSR count). The van der Waals surface area contributed by atoms with Crippen molar-refractivity contribution in [2.45, 2.75) is 5.78 Å². The summed E-state index contributed by atoms with van der Waals surface area (Å²) in [6.07, 6.45) is 0. The lowest BCUT2D eigenvalue weighted by Gasteiger charge is -2.29. The van der Waals surface area contributed by atoms with E-state index in [1.807, 2.05) is 12.1 Å². The Hall–Kier alpha value is -3.96. The van der Waals surface area contributed by atoms with Crippen LogP contribution in [0.5, 0.6) is 23.0 Å². The van der Waals surface area contributed by atoms with E-state index in [1.165, 1.54) is 12.1 Å². The van der Waals surface area contributed by atoms with Gasteiger partial charge in [0.05, 0.1) is 0 Å². The molecule has 1 unspecified atom stereocenters. The van der Waals surface area contributed by atoms with E-state index < -0.39 is 19.2 Å². The summed E-state index contributed by atoms with van der Waals surface area (Å²) in [6.45, 7) is 0.0967. The number of hydrogen-bond donors (Lipinski definition) is 1. The Morgan fingerprint density at radius 2 is 1.41 bits per heavy atom. The molecule has 8 heteroatoms. The molecular formula is C26H21FNO5P. The van der Waals surface area contributed by atoms with Crippen LogP contribution in [-0.4, -0.2) is 6.79 Å². The lowest BCUT2D eigenvalue weighted by Crippen LogP contribution is -2.18. The van der Waals surface area contributed by atoms with E-state index in [-0.39, 0.29) is 6.79 Å². The maximum Gasteiger partial charge on any atom is 0.457 e. The Morgan fingerprint density at radius 1 is 0.765 bits per heavy atom. The van der Waals surface area contributed by atoms with Crippen LogP contribution >= 0.6 is 7.60 Å². The highest BCUT2D eigenvalue weighted by Crippen LogP contribution is 2.60. The molecule has 0 aromatic heterocycles. The summed E-state index contributed by atoms with van der Waals surface area (Å²) in [7, 11) is -4.03. The van der Waals surface area contributed by atoms with E-state index in [2.05, 4.69) is 5.32 Å². The molecular weight excluding hydrogens is 456 g/mol. The zero-order valence-electron chi connectivity index (χ0n) is 18.0. The van der Waals surface area contributed by atoms with Gasteiger partial charge in [0, 0.05) is 5.69 Å². The minimum absolute atomic E-state index is 0.0967. The van der Waals surface area contributed by atoms with E-state index in [0.717, 1.165) is 0 Å². The second kappa shape index (κ2) is 9.49. The summed E-state index contributed by atoms with van der Waals surface area (Å²) in [5.74, 6) is 0.383. The minimum atomic E-state index is -4.03. The maximum atomic E-state index is 14.6. The van der Waals surface area contributed by atoms with Gasteiger partial charge in [-0.15, -0.1) is 0 Å². The molecule has 0 radical (unpaired) electrons. The van der Waals surface area contributed by atoms with Crippen LogP contribution in [0.15, 0.2) is 103 Å². The maximum absolute atomic E-state index is 14.6. The van der Waals surface area contributed by atoms with Crippen molar-refractivity contribution in [2.75, 3.05) is 12.1 Å². The Balaban J connectivity index is 1.61. The third-order valence-corrected chi connectivity index (χ3v) is 7.10. The third-order valence-electron chi connectivity index (χ3n) is 5.11. The number of para-hydroxylation sites is 2. The number of rotatable bonds is 8. The molecule has 0 spiro atoms. The van der Waals surface area contributed by atoms with Crippen molar-refractivity contribution < 1.29 is 27.5 Å². The second-order valence-electron chi connectivity index (χ2n) is 7.52. The Morgan fingerprint density at radius 3 is 2.06 bits per heavy atom. The van der Waals surface area contributed by atoms with Gasteiger partial charge in [0.15, 0.2) is 17.3 Å². The van der Waals surface area contributed by atoms with Crippen LogP contribution < -0.4 is 23.8 Å². The van der Waals surface area contributed by atoms with E-state index >= 15 is 0 Å². The summed E-state index contributed by atoms with van der Waals surface area (Å²) in [4.78, 5) is 0. The summed E-state index contributed by atoms with van der Waals surface area (Å²) >= 11 is 0. The molecule has 1 aliphatic heterocycles. The number of benzene rings is 4. The first-order valence-electron chi connectivity index (χ1n) is 10.6. The van der Waals surface area contributed by atoms with Gasteiger partial charge < -0.3 is 23.8 Å². The van der Waals surface area contributed by atoms with Crippen molar-refractivity contribution in [3.63, 3.8) is 0 Å². The van der Waals surface area contributed by atoms with Gasteiger partial charge in [-0.25, -0.2) is 8.96 Å². The first-order valence-corrected chi connectivity index (χ1v) is 12.2. The quantitative estimate of drug-likeness (QED) is 0.275. The zero-order valence-corrected chi connectivity index (χ0v) is 18.9. The molecule has 4 aromatic rings. The fourth-order valence-electron chi connectivity index (χ4n) is 3.54. The number of halogens is 1. The predicted octanol–water partition coefficient (Wildman–Crippen LogP) is 7.02. The molecule has 1 aliphatic rings. The monoisotopic (exact) mass is 477 g/mol. The van der Waals surface area contributed by atoms with Crippen LogP contribution in [0.3, 0.4) is 0 Å². The molecule has 34 heavy (non-hydrogen) atoms. The molecule has 1 N–H and O–H groups in total. The second-order valence-corrected chi connectivity index (χ2v) is 9.48. The largest absolute Gasteiger partial charge is 0.457 e. The summed E-state index contributed by atoms with van der Waals surface area (Å²) in [5, 5.41) is 3.16. The first-order chi connectivity index (χ1) is 16.6. The highest BCUT2D eigenvalue weighted by molar-refractivity contribution is 7.55. The summed E-state index contributed by atoms with van der Waals surface area (Å²) < 4.78 is 51.6. The van der Waals surface area contributed by atoms with Crippen LogP contribution in [0.2, 0.25) is 0 Å². The van der Waals surface area contributed by atoms with Crippen LogP contribution in [0, 0.1) is 5.82 Å². The summed E-state index contributed by atoms with van der Waals surface area (Å²) in [6, 6.07) is 28.6. The molecule has 0 fully saturated rings. The van der Waals surface area contributed by atoms with Crippen molar-refractivity contribution in [2.24, 2.45) is 0 Å². The highest BCUT2D eigenvalue weighted by atomic mass is 31.2. The van der Waals surface area contributed by atoms with Gasteiger partial charge in [0.1, 0.15) is 17.3 Å². The molecule has 6 nitrogen and oxygen atoms in total. The van der Waals surface area contributed by atoms with Crippen LogP contribution in [0.1, 0.15) is 11.3 Å². The van der Waals surface area contributed by atoms with Crippen molar-refractivity contribution in [1.82, 2.24) is 0 Å². The first kappa shape index (κ1) is 21.9. The Bertz CT molecular complexity index is 1270. The molecule has 172 valence electrons. The standard InChI is InChI=1S/C26H21FNO5P/c27-20-8-7-9-21(17-20)28-26(19-14-15-24-25(16-19)31-18-30-24)34(29,32-22-10-3-1-4-11-22)33-23-12-5-2-6-13-23/h1-17,26,28H,18H2. The molecule has 0 saturated carbocycles. The molecule has 0 amide bonds. The van der Waals surface area contributed by atoms with Crippen molar-refractivity contribution in [3.8, 4) is 23.0 Å². The van der Waals surface area contributed by atoms with Crippen molar-refractivity contribution >= 4 is 13.3 Å². The van der Waals surface area contributed by atoms with Gasteiger partial charge in [-0.3, -0.25) is 0 Å². The fraction of sp³-hybridized carbons (Fsp3) is 0.0769. The normalized spacial score (nSPS) is 13.2. The molecule has 1 heterocycles. The number of fused-ring (bicyclic) bond motifs is 1. The van der Waals surface area contributed by atoms with Gasteiger partial charge in [-0.05, 0) is 60.2 Å². The minimum Gasteiger partial charge on any atom is -0.454 e. The fourth-order valence-corrected chi connectivity index (χ4v) is 5.46. The van der Waals surface area contributed by atoms with E-state index in [4.69, 9.17) is 18.5 Å². The van der Waals surface area contributed by atoms with Gasteiger partial charge in [-0.2, -0.15) is 0 Å². The molecule has 0 bridgehead atoms. The van der Waals surface area contributed by atoms with Crippen LogP contribution in [0.4, 0.5) is 10.1 Å². The van der Waals surface area contributed by atoms with Crippen molar-refractivity contribution in [3.05, 3.63) is 115 Å². The van der Waals surface area contributed by atoms with E-state index in [0.29, 0.717) is 34.2 Å². The number of hydrogen-bond acceptors (Lipinski definition) is 6.